The van der Waals surface area contributed by atoms with E-state index in [1.807, 2.05) is 78.9 Å². The van der Waals surface area contributed by atoms with Crippen molar-refractivity contribution in [1.29, 1.82) is 0 Å². The van der Waals surface area contributed by atoms with E-state index in [0.29, 0.717) is 12.1 Å². The number of carbonyl (C=O) groups excluding carboxylic acids is 1. The molecular formula is C26H20N2O2. The van der Waals surface area contributed by atoms with Crippen LogP contribution in [0, 0.1) is 0 Å². The van der Waals surface area contributed by atoms with Crippen molar-refractivity contribution in [2.24, 2.45) is 5.73 Å². The lowest BCUT2D eigenvalue weighted by atomic mass is 10.1. The molecular weight excluding hydrogens is 372 g/mol. The monoisotopic (exact) mass is 392 g/mol. The fourth-order valence-electron chi connectivity index (χ4n) is 3.99. The summed E-state index contributed by atoms with van der Waals surface area (Å²) in [6.07, 6.45) is 0. The van der Waals surface area contributed by atoms with Crippen LogP contribution in [0.2, 0.25) is 0 Å². The minimum atomic E-state index is -0.415. The molecule has 2 N–H and O–H groups in total. The van der Waals surface area contributed by atoms with Gasteiger partial charge >= 0.3 is 0 Å². The quantitative estimate of drug-likeness (QED) is 0.415. The molecule has 146 valence electrons. The first-order valence-electron chi connectivity index (χ1n) is 9.82. The number of ether oxygens (including phenoxy) is 1. The van der Waals surface area contributed by atoms with Crippen molar-refractivity contribution in [2.45, 2.75) is 6.54 Å². The van der Waals surface area contributed by atoms with Gasteiger partial charge in [0.1, 0.15) is 11.5 Å². The first-order valence-corrected chi connectivity index (χ1v) is 9.82. The molecule has 0 aliphatic rings. The van der Waals surface area contributed by atoms with Crippen LogP contribution in [0.15, 0.2) is 97.1 Å². The van der Waals surface area contributed by atoms with Crippen molar-refractivity contribution in [3.63, 3.8) is 0 Å². The van der Waals surface area contributed by atoms with E-state index in [1.165, 1.54) is 0 Å². The van der Waals surface area contributed by atoms with E-state index in [0.717, 1.165) is 38.9 Å². The molecule has 5 aromatic rings. The average molecular weight is 392 g/mol. The van der Waals surface area contributed by atoms with Crippen LogP contribution in [0.5, 0.6) is 11.5 Å². The van der Waals surface area contributed by atoms with E-state index in [4.69, 9.17) is 10.5 Å². The summed E-state index contributed by atoms with van der Waals surface area (Å²) in [5, 5.41) is 1.93. The maximum absolute atomic E-state index is 12.0. The summed E-state index contributed by atoms with van der Waals surface area (Å²) in [7, 11) is 0. The molecule has 4 aromatic carbocycles. The molecule has 0 bridgehead atoms. The molecule has 30 heavy (non-hydrogen) atoms. The lowest BCUT2D eigenvalue weighted by molar-refractivity contribution is 0.100. The molecule has 0 saturated heterocycles. The van der Waals surface area contributed by atoms with Crippen LogP contribution in [-0.2, 0) is 6.54 Å². The SMILES string of the molecule is NC(=O)c1cccc2c1c1ccccc1n2Cc1cccc(Oc2ccccc2)c1. The van der Waals surface area contributed by atoms with Crippen molar-refractivity contribution in [2.75, 3.05) is 0 Å². The molecule has 0 fully saturated rings. The third kappa shape index (κ3) is 3.18. The van der Waals surface area contributed by atoms with Crippen molar-refractivity contribution in [3.8, 4) is 11.5 Å². The van der Waals surface area contributed by atoms with Crippen LogP contribution in [-0.4, -0.2) is 10.5 Å². The Hall–Kier alpha value is -4.05. The number of para-hydroxylation sites is 2. The number of primary amides is 1. The number of rotatable bonds is 5. The molecule has 0 spiro atoms. The van der Waals surface area contributed by atoms with Crippen LogP contribution in [0.1, 0.15) is 15.9 Å². The van der Waals surface area contributed by atoms with Gasteiger partial charge in [-0.25, -0.2) is 0 Å². The summed E-state index contributed by atoms with van der Waals surface area (Å²) in [5.41, 5.74) is 9.37. The minimum Gasteiger partial charge on any atom is -0.457 e. The van der Waals surface area contributed by atoms with Gasteiger partial charge in [0.15, 0.2) is 0 Å². The molecule has 1 amide bonds. The summed E-state index contributed by atoms with van der Waals surface area (Å²) in [6.45, 7) is 0.651. The normalized spacial score (nSPS) is 11.1. The van der Waals surface area contributed by atoms with Gasteiger partial charge in [-0.3, -0.25) is 4.79 Å². The van der Waals surface area contributed by atoms with Gasteiger partial charge in [0.05, 0.1) is 5.52 Å². The number of nitrogens with two attached hydrogens (primary N) is 1. The highest BCUT2D eigenvalue weighted by Gasteiger charge is 2.16. The van der Waals surface area contributed by atoms with Gasteiger partial charge in [-0.2, -0.15) is 0 Å². The number of amides is 1. The van der Waals surface area contributed by atoms with E-state index in [9.17, 15) is 4.79 Å². The molecule has 0 aliphatic heterocycles. The predicted octanol–water partition coefficient (Wildman–Crippen LogP) is 5.73. The number of aromatic nitrogens is 1. The van der Waals surface area contributed by atoms with Crippen LogP contribution in [0.25, 0.3) is 21.8 Å². The van der Waals surface area contributed by atoms with E-state index < -0.39 is 5.91 Å². The van der Waals surface area contributed by atoms with E-state index >= 15 is 0 Å². The molecule has 4 nitrogen and oxygen atoms in total. The van der Waals surface area contributed by atoms with Gasteiger partial charge in [0.2, 0.25) is 5.91 Å². The standard InChI is InChI=1S/C26H20N2O2/c27-26(29)22-13-7-15-24-25(22)21-12-4-5-14-23(21)28(24)17-18-8-6-11-20(16-18)30-19-9-2-1-3-10-19/h1-16H,17H2,(H2,27,29). The Morgan fingerprint density at radius 1 is 0.767 bits per heavy atom. The molecule has 5 rings (SSSR count). The molecule has 0 aliphatic carbocycles. The predicted molar refractivity (Wildman–Crippen MR) is 120 cm³/mol. The number of hydrogen-bond donors (Lipinski definition) is 1. The third-order valence-electron chi connectivity index (χ3n) is 5.28. The fourth-order valence-corrected chi connectivity index (χ4v) is 3.99. The number of nitrogens with zero attached hydrogens (tertiary/aromatic N) is 1. The first-order chi connectivity index (χ1) is 14.7. The van der Waals surface area contributed by atoms with Gasteiger partial charge in [-0.15, -0.1) is 0 Å². The van der Waals surface area contributed by atoms with Crippen molar-refractivity contribution in [3.05, 3.63) is 108 Å². The van der Waals surface area contributed by atoms with Gasteiger partial charge in [-0.05, 0) is 48.0 Å². The largest absolute Gasteiger partial charge is 0.457 e. The van der Waals surface area contributed by atoms with Crippen molar-refractivity contribution in [1.82, 2.24) is 4.57 Å². The summed E-state index contributed by atoms with van der Waals surface area (Å²) in [5.74, 6) is 1.18. The second-order valence-electron chi connectivity index (χ2n) is 7.23. The maximum atomic E-state index is 12.0. The Balaban J connectivity index is 1.60. The van der Waals surface area contributed by atoms with Crippen LogP contribution in [0.4, 0.5) is 0 Å². The lowest BCUT2D eigenvalue weighted by Gasteiger charge is -2.11. The first kappa shape index (κ1) is 18.0. The molecule has 0 atom stereocenters. The van der Waals surface area contributed by atoms with E-state index in [-0.39, 0.29) is 0 Å². The average Bonchev–Trinajstić information content (AvgIpc) is 3.09. The Labute approximate surface area is 174 Å². The minimum absolute atomic E-state index is 0.415. The topological polar surface area (TPSA) is 57.2 Å². The third-order valence-corrected chi connectivity index (χ3v) is 5.28. The van der Waals surface area contributed by atoms with Crippen molar-refractivity contribution < 1.29 is 9.53 Å². The van der Waals surface area contributed by atoms with Crippen LogP contribution >= 0.6 is 0 Å². The van der Waals surface area contributed by atoms with E-state index in [2.05, 4.69) is 16.7 Å². The van der Waals surface area contributed by atoms with Gasteiger partial charge in [0.25, 0.3) is 0 Å². The zero-order valence-corrected chi connectivity index (χ0v) is 16.3. The number of hydrogen-bond acceptors (Lipinski definition) is 2. The highest BCUT2D eigenvalue weighted by molar-refractivity contribution is 6.17. The summed E-state index contributed by atoms with van der Waals surface area (Å²) in [6, 6.07) is 31.6. The fraction of sp³-hybridized carbons (Fsp3) is 0.0385. The number of fused-ring (bicyclic) bond motifs is 3. The highest BCUT2D eigenvalue weighted by Crippen LogP contribution is 2.32. The van der Waals surface area contributed by atoms with Gasteiger partial charge in [-0.1, -0.05) is 54.6 Å². The zero-order chi connectivity index (χ0) is 20.5. The molecule has 0 radical (unpaired) electrons. The second-order valence-corrected chi connectivity index (χ2v) is 7.23. The second kappa shape index (κ2) is 7.41. The van der Waals surface area contributed by atoms with Crippen molar-refractivity contribution >= 4 is 27.7 Å². The van der Waals surface area contributed by atoms with Gasteiger partial charge in [0, 0.05) is 28.4 Å². The summed E-state index contributed by atoms with van der Waals surface area (Å²) in [4.78, 5) is 12.0. The van der Waals surface area contributed by atoms with E-state index in [1.54, 1.807) is 6.07 Å². The Kier molecular flexibility index (Phi) is 4.45. The molecule has 4 heteroatoms. The molecule has 1 heterocycles. The lowest BCUT2D eigenvalue weighted by Crippen LogP contribution is -2.11. The molecule has 0 saturated carbocycles. The maximum Gasteiger partial charge on any atom is 0.249 e. The Morgan fingerprint density at radius 3 is 2.30 bits per heavy atom. The Bertz CT molecular complexity index is 1370. The molecule has 0 unspecified atom stereocenters. The Morgan fingerprint density at radius 2 is 1.47 bits per heavy atom. The summed E-state index contributed by atoms with van der Waals surface area (Å²) >= 11 is 0. The summed E-state index contributed by atoms with van der Waals surface area (Å²) < 4.78 is 8.21. The van der Waals surface area contributed by atoms with Crippen LogP contribution < -0.4 is 10.5 Å². The highest BCUT2D eigenvalue weighted by atomic mass is 16.5. The number of carbonyl (C=O) groups is 1. The molecule has 1 aromatic heterocycles. The smallest absolute Gasteiger partial charge is 0.249 e. The van der Waals surface area contributed by atoms with Crippen LogP contribution in [0.3, 0.4) is 0 Å². The zero-order valence-electron chi connectivity index (χ0n) is 16.3. The van der Waals surface area contributed by atoms with Gasteiger partial charge < -0.3 is 15.0 Å². The number of benzene rings is 4.